The van der Waals surface area contributed by atoms with Crippen molar-refractivity contribution in [3.05, 3.63) is 201 Å². The predicted octanol–water partition coefficient (Wildman–Crippen LogP) is 13.7. The second-order valence-corrected chi connectivity index (χ2v) is 18.2. The molecule has 0 radical (unpaired) electrons. The van der Waals surface area contributed by atoms with E-state index in [1.165, 1.54) is 61.7 Å². The van der Waals surface area contributed by atoms with Crippen LogP contribution in [0.1, 0.15) is 95.1 Å². The third kappa shape index (κ3) is 5.97. The van der Waals surface area contributed by atoms with E-state index in [2.05, 4.69) is 158 Å². The van der Waals surface area contributed by atoms with Gasteiger partial charge in [0.1, 0.15) is 11.9 Å². The summed E-state index contributed by atoms with van der Waals surface area (Å²) in [4.78, 5) is 2.68. The van der Waals surface area contributed by atoms with Crippen LogP contribution in [0.3, 0.4) is 0 Å². The van der Waals surface area contributed by atoms with Crippen molar-refractivity contribution >= 4 is 11.3 Å². The SMILES string of the molecule is CC1(C)C2=CCCC=C2C2=CCC(C3=C4CCC=CC4CC4=C3OC3C=CC(N(c5ccc(C6C=CC=CC6)cc5)C5CC=C(c6ccccc6)CC5)=CC43)C=C21. The number of benzene rings is 2. The number of anilines is 1. The lowest BCUT2D eigenvalue weighted by molar-refractivity contribution is 0.166. The van der Waals surface area contributed by atoms with Crippen LogP contribution < -0.4 is 4.90 Å². The molecule has 57 heavy (non-hydrogen) atoms. The first-order valence-electron chi connectivity index (χ1n) is 22.0. The fraction of sp³-hybridized carbons (Fsp3) is 0.345. The van der Waals surface area contributed by atoms with Gasteiger partial charge in [0.05, 0.1) is 0 Å². The highest BCUT2D eigenvalue weighted by atomic mass is 16.5. The third-order valence-corrected chi connectivity index (χ3v) is 14.7. The van der Waals surface area contributed by atoms with Crippen molar-refractivity contribution in [2.24, 2.45) is 23.2 Å². The summed E-state index contributed by atoms with van der Waals surface area (Å²) in [7, 11) is 0. The average molecular weight is 746 g/mol. The van der Waals surface area contributed by atoms with Gasteiger partial charge in [-0.05, 0) is 139 Å². The van der Waals surface area contributed by atoms with E-state index in [1.54, 1.807) is 11.1 Å². The maximum Gasteiger partial charge on any atom is 0.127 e. The van der Waals surface area contributed by atoms with Crippen molar-refractivity contribution in [1.82, 2.24) is 0 Å². The van der Waals surface area contributed by atoms with E-state index in [0.29, 0.717) is 23.8 Å². The lowest BCUT2D eigenvalue weighted by atomic mass is 9.69. The van der Waals surface area contributed by atoms with Crippen molar-refractivity contribution in [2.45, 2.75) is 96.1 Å². The van der Waals surface area contributed by atoms with Crippen LogP contribution in [0.15, 0.2) is 190 Å². The summed E-state index contributed by atoms with van der Waals surface area (Å²) < 4.78 is 7.22. The first-order chi connectivity index (χ1) is 28.0. The lowest BCUT2D eigenvalue weighted by Crippen LogP contribution is -2.37. The van der Waals surface area contributed by atoms with Gasteiger partial charge in [-0.3, -0.25) is 0 Å². The van der Waals surface area contributed by atoms with E-state index in [0.717, 1.165) is 64.2 Å². The zero-order valence-electron chi connectivity index (χ0n) is 33.7. The highest BCUT2D eigenvalue weighted by Gasteiger charge is 2.47. The molecule has 1 fully saturated rings. The fourth-order valence-corrected chi connectivity index (χ4v) is 11.8. The molecule has 9 aliphatic rings. The van der Waals surface area contributed by atoms with Crippen molar-refractivity contribution < 1.29 is 4.74 Å². The molecule has 0 bridgehead atoms. The van der Waals surface area contributed by atoms with Crippen molar-refractivity contribution in [3.8, 4) is 0 Å². The molecule has 2 aromatic rings. The second-order valence-electron chi connectivity index (χ2n) is 18.2. The van der Waals surface area contributed by atoms with Crippen LogP contribution >= 0.6 is 0 Å². The number of allylic oxidation sites excluding steroid dienone is 18. The first kappa shape index (κ1) is 35.1. The van der Waals surface area contributed by atoms with Gasteiger partial charge in [0.15, 0.2) is 0 Å². The predicted molar refractivity (Wildman–Crippen MR) is 236 cm³/mol. The summed E-state index contributed by atoms with van der Waals surface area (Å²) in [6, 6.07) is 20.9. The molecule has 11 rings (SSSR count). The van der Waals surface area contributed by atoms with Gasteiger partial charge in [0, 0.05) is 52.1 Å². The summed E-state index contributed by atoms with van der Waals surface area (Å²) in [5, 5.41) is 0. The molecular formula is C55H55NO. The quantitative estimate of drug-likeness (QED) is 0.273. The molecule has 0 spiro atoms. The molecule has 0 amide bonds. The molecule has 0 N–H and O–H groups in total. The molecule has 2 nitrogen and oxygen atoms in total. The fourth-order valence-electron chi connectivity index (χ4n) is 11.8. The zero-order valence-corrected chi connectivity index (χ0v) is 33.7. The Bertz CT molecular complexity index is 2370. The van der Waals surface area contributed by atoms with E-state index in [4.69, 9.17) is 4.74 Å². The zero-order chi connectivity index (χ0) is 38.1. The Hall–Kier alpha value is -5.08. The topological polar surface area (TPSA) is 12.5 Å². The molecule has 1 saturated carbocycles. The molecule has 6 unspecified atom stereocenters. The summed E-state index contributed by atoms with van der Waals surface area (Å²) >= 11 is 0. The number of hydrogen-bond acceptors (Lipinski definition) is 2. The van der Waals surface area contributed by atoms with Gasteiger partial charge in [-0.1, -0.05) is 129 Å². The van der Waals surface area contributed by atoms with Gasteiger partial charge in [0.25, 0.3) is 0 Å². The first-order valence-corrected chi connectivity index (χ1v) is 22.0. The molecule has 2 heteroatoms. The molecule has 0 saturated heterocycles. The van der Waals surface area contributed by atoms with E-state index in [1.807, 2.05) is 0 Å². The largest absolute Gasteiger partial charge is 0.485 e. The smallest absolute Gasteiger partial charge is 0.127 e. The summed E-state index contributed by atoms with van der Waals surface area (Å²) in [5.74, 6) is 2.75. The molecule has 8 aliphatic carbocycles. The Kier molecular flexibility index (Phi) is 8.68. The Labute approximate surface area is 340 Å². The summed E-state index contributed by atoms with van der Waals surface area (Å²) in [6.07, 6.45) is 45.3. The minimum absolute atomic E-state index is 0.0482. The molecular weight excluding hydrogens is 691 g/mol. The van der Waals surface area contributed by atoms with Gasteiger partial charge in [-0.2, -0.15) is 0 Å². The average Bonchev–Trinajstić information content (AvgIpc) is 3.74. The van der Waals surface area contributed by atoms with Gasteiger partial charge in [-0.15, -0.1) is 0 Å². The summed E-state index contributed by atoms with van der Waals surface area (Å²) in [6.45, 7) is 4.91. The number of ether oxygens (including phenoxy) is 1. The Morgan fingerprint density at radius 3 is 2.37 bits per heavy atom. The van der Waals surface area contributed by atoms with Crippen LogP contribution in [0.2, 0.25) is 0 Å². The van der Waals surface area contributed by atoms with Crippen molar-refractivity contribution in [3.63, 3.8) is 0 Å². The van der Waals surface area contributed by atoms with E-state index < -0.39 is 0 Å². The minimum Gasteiger partial charge on any atom is -0.485 e. The maximum atomic E-state index is 7.22. The van der Waals surface area contributed by atoms with Crippen LogP contribution in [0.4, 0.5) is 5.69 Å². The normalized spacial score (nSPS) is 30.4. The highest BCUT2D eigenvalue weighted by Crippen LogP contribution is 2.59. The highest BCUT2D eigenvalue weighted by molar-refractivity contribution is 5.72. The molecule has 1 aliphatic heterocycles. The van der Waals surface area contributed by atoms with Crippen molar-refractivity contribution in [1.29, 1.82) is 0 Å². The number of hydrogen-bond donors (Lipinski definition) is 0. The second kappa shape index (κ2) is 14.1. The molecule has 1 heterocycles. The standard InChI is InChI=1S/C55H55NO/c1-55(2)50-20-12-11-19-46(50)47-31-25-41(34-51(47)55)53-45-18-10-9-17-40(45)33-49-48-35-44(30-32-52(48)57-54(49)53)56(42-26-21-38(22-27-42)36-13-5-3-6-14-36)43-28-23-39(24-29-43)37-15-7-4-8-16-37/h3-9,13-15,17,19-21,23-24,28-32,34-35,37,40-42,48,52H,10-12,16,18,22,25-27,33H2,1-2H3. The van der Waals surface area contributed by atoms with Crippen LogP contribution in [-0.2, 0) is 4.74 Å². The number of rotatable bonds is 6. The van der Waals surface area contributed by atoms with Crippen LogP contribution in [0.5, 0.6) is 0 Å². The van der Waals surface area contributed by atoms with Crippen molar-refractivity contribution in [2.75, 3.05) is 4.90 Å². The van der Waals surface area contributed by atoms with E-state index in [-0.39, 0.29) is 17.4 Å². The van der Waals surface area contributed by atoms with Gasteiger partial charge in [-0.25, -0.2) is 0 Å². The van der Waals surface area contributed by atoms with Gasteiger partial charge in [0.2, 0.25) is 0 Å². The monoisotopic (exact) mass is 745 g/mol. The van der Waals surface area contributed by atoms with Crippen LogP contribution in [0, 0.1) is 23.2 Å². The number of fused-ring (bicyclic) bond motifs is 6. The van der Waals surface area contributed by atoms with E-state index >= 15 is 0 Å². The lowest BCUT2D eigenvalue weighted by Gasteiger charge is -2.38. The van der Waals surface area contributed by atoms with Crippen LogP contribution in [-0.4, -0.2) is 12.1 Å². The molecule has 286 valence electrons. The molecule has 6 atom stereocenters. The minimum atomic E-state index is 0.0482. The van der Waals surface area contributed by atoms with Crippen LogP contribution in [0.25, 0.3) is 5.57 Å². The summed E-state index contributed by atoms with van der Waals surface area (Å²) in [5.41, 5.74) is 17.7. The van der Waals surface area contributed by atoms with Gasteiger partial charge >= 0.3 is 0 Å². The van der Waals surface area contributed by atoms with Gasteiger partial charge < -0.3 is 9.64 Å². The Morgan fingerprint density at radius 2 is 1.54 bits per heavy atom. The molecule has 0 aromatic heterocycles. The third-order valence-electron chi connectivity index (χ3n) is 14.7. The maximum absolute atomic E-state index is 7.22. The number of nitrogens with zero attached hydrogens (tertiary/aromatic N) is 1. The Morgan fingerprint density at radius 1 is 0.684 bits per heavy atom. The van der Waals surface area contributed by atoms with E-state index in [9.17, 15) is 0 Å². The Balaban J connectivity index is 0.957. The molecule has 2 aromatic carbocycles.